The molecule has 0 radical (unpaired) electrons. The molecule has 0 spiro atoms. The van der Waals surface area contributed by atoms with Crippen molar-refractivity contribution in [3.63, 3.8) is 0 Å². The van der Waals surface area contributed by atoms with Crippen LogP contribution < -0.4 is 15.9 Å². The average molecular weight is 725 g/mol. The third kappa shape index (κ3) is 6.41. The highest BCUT2D eigenvalue weighted by atomic mass is 35.5. The maximum absolute atomic E-state index is 14.6. The lowest BCUT2D eigenvalue weighted by atomic mass is 10.1. The third-order valence-electron chi connectivity index (χ3n) is 8.07. The molecule has 0 bridgehead atoms. The zero-order chi connectivity index (χ0) is 33.4. The van der Waals surface area contributed by atoms with E-state index in [1.165, 1.54) is 10.7 Å². The molecule has 0 saturated carbocycles. The average Bonchev–Trinajstić information content (AvgIpc) is 3.47. The fourth-order valence-corrected chi connectivity index (χ4v) is 6.78. The van der Waals surface area contributed by atoms with Crippen molar-refractivity contribution in [1.29, 1.82) is 0 Å². The molecule has 2 aliphatic heterocycles. The molecule has 5 heterocycles. The van der Waals surface area contributed by atoms with Gasteiger partial charge in [0.25, 0.3) is 11.1 Å². The zero-order valence-corrected chi connectivity index (χ0v) is 27.7. The van der Waals surface area contributed by atoms with Crippen molar-refractivity contribution >= 4 is 46.4 Å². The Morgan fingerprint density at radius 1 is 0.702 bits per heavy atom. The van der Waals surface area contributed by atoms with E-state index in [9.17, 15) is 23.5 Å². The number of fused-ring (bicyclic) bond motifs is 2. The monoisotopic (exact) mass is 723 g/mol. The molecule has 7 rings (SSSR count). The Morgan fingerprint density at radius 2 is 1.17 bits per heavy atom. The highest BCUT2D eigenvalue weighted by Gasteiger charge is 2.26. The van der Waals surface area contributed by atoms with Crippen LogP contribution in [-0.4, -0.2) is 28.8 Å². The van der Waals surface area contributed by atoms with Gasteiger partial charge in [-0.15, -0.1) is 0 Å². The van der Waals surface area contributed by atoms with E-state index in [0.717, 1.165) is 49.4 Å². The number of hydrogen-bond acceptors (Lipinski definition) is 5. The molecule has 1 N–H and O–H groups in total. The second-order valence-electron chi connectivity index (χ2n) is 11.0. The Bertz CT molecular complexity index is 2090. The van der Waals surface area contributed by atoms with Gasteiger partial charge in [0.1, 0.15) is 40.0 Å². The number of nitrogens with zero attached hydrogens (tertiary/aromatic N) is 5. The van der Waals surface area contributed by atoms with E-state index in [2.05, 4.69) is 4.98 Å². The minimum Gasteiger partial charge on any atom is -0.506 e. The number of halogens is 6. The van der Waals surface area contributed by atoms with Crippen molar-refractivity contribution in [2.45, 2.75) is 58.5 Å². The highest BCUT2D eigenvalue weighted by Crippen LogP contribution is 2.37. The highest BCUT2D eigenvalue weighted by molar-refractivity contribution is 6.34. The quantitative estimate of drug-likeness (QED) is 0.200. The minimum absolute atomic E-state index is 0.0312. The van der Waals surface area contributed by atoms with Gasteiger partial charge in [-0.3, -0.25) is 23.9 Å². The number of ether oxygens (including phenoxy) is 1. The van der Waals surface area contributed by atoms with E-state index in [0.29, 0.717) is 26.2 Å². The number of phenolic OH excluding ortho intramolecular Hbond substituents is 1. The van der Waals surface area contributed by atoms with Gasteiger partial charge in [0, 0.05) is 49.7 Å². The number of aromatic nitrogens is 5. The van der Waals surface area contributed by atoms with E-state index in [1.54, 1.807) is 26.4 Å². The lowest BCUT2D eigenvalue weighted by Gasteiger charge is -2.17. The summed E-state index contributed by atoms with van der Waals surface area (Å²) < 4.78 is 40.8. The van der Waals surface area contributed by atoms with Crippen LogP contribution in [0.4, 0.5) is 8.78 Å². The maximum atomic E-state index is 14.6. The summed E-state index contributed by atoms with van der Waals surface area (Å²) >= 11 is 24.4. The first kappa shape index (κ1) is 33.1. The number of pyridine rings is 1. The predicted octanol–water partition coefficient (Wildman–Crippen LogP) is 7.79. The lowest BCUT2D eigenvalue weighted by Crippen LogP contribution is -2.27. The third-order valence-corrected chi connectivity index (χ3v) is 9.43. The smallest absolute Gasteiger partial charge is 0.276 e. The van der Waals surface area contributed by atoms with Crippen molar-refractivity contribution in [3.05, 3.63) is 107 Å². The summed E-state index contributed by atoms with van der Waals surface area (Å²) in [4.78, 5) is 29.1. The Morgan fingerprint density at radius 3 is 1.68 bits per heavy atom. The van der Waals surface area contributed by atoms with Crippen LogP contribution in [0.5, 0.6) is 11.5 Å². The van der Waals surface area contributed by atoms with Gasteiger partial charge >= 0.3 is 0 Å². The van der Waals surface area contributed by atoms with Gasteiger partial charge in [0.2, 0.25) is 0 Å². The largest absolute Gasteiger partial charge is 0.506 e. The van der Waals surface area contributed by atoms with E-state index in [1.807, 2.05) is 12.1 Å². The summed E-state index contributed by atoms with van der Waals surface area (Å²) in [6.45, 7) is 2.62. The molecular weight excluding hydrogens is 698 g/mol. The van der Waals surface area contributed by atoms with Gasteiger partial charge in [-0.2, -0.15) is 0 Å². The lowest BCUT2D eigenvalue weighted by molar-refractivity contribution is 0.306. The van der Waals surface area contributed by atoms with E-state index in [-0.39, 0.29) is 71.8 Å². The molecule has 3 aromatic heterocycles. The summed E-state index contributed by atoms with van der Waals surface area (Å²) in [5.41, 5.74) is 0.505. The molecule has 15 heteroatoms. The van der Waals surface area contributed by atoms with Crippen LogP contribution in [0.15, 0.2) is 58.4 Å². The Balaban J connectivity index is 0.000000172. The van der Waals surface area contributed by atoms with Crippen LogP contribution in [0.1, 0.15) is 31.2 Å². The molecule has 246 valence electrons. The molecule has 0 aliphatic carbocycles. The second kappa shape index (κ2) is 13.8. The van der Waals surface area contributed by atoms with Gasteiger partial charge in [-0.05, 0) is 67.6 Å². The van der Waals surface area contributed by atoms with Crippen LogP contribution in [-0.2, 0) is 32.8 Å². The normalized spacial score (nSPS) is 13.8. The number of phenols is 1. The summed E-state index contributed by atoms with van der Waals surface area (Å²) in [7, 11) is 0. The van der Waals surface area contributed by atoms with Crippen molar-refractivity contribution < 1.29 is 18.6 Å². The zero-order valence-electron chi connectivity index (χ0n) is 24.7. The van der Waals surface area contributed by atoms with Crippen molar-refractivity contribution in [2.75, 3.05) is 0 Å². The molecule has 0 unspecified atom stereocenters. The Labute approximate surface area is 287 Å². The van der Waals surface area contributed by atoms with Crippen LogP contribution in [0.2, 0.25) is 20.4 Å². The maximum Gasteiger partial charge on any atom is 0.276 e. The van der Waals surface area contributed by atoms with Gasteiger partial charge < -0.3 is 9.84 Å². The number of benzene rings is 2. The Hall–Kier alpha value is -3.77. The summed E-state index contributed by atoms with van der Waals surface area (Å²) in [5.74, 6) is -1.30. The molecule has 0 fully saturated rings. The fourth-order valence-electron chi connectivity index (χ4n) is 5.71. The first-order valence-corrected chi connectivity index (χ1v) is 16.3. The number of rotatable bonds is 5. The van der Waals surface area contributed by atoms with Crippen LogP contribution in [0.3, 0.4) is 0 Å². The van der Waals surface area contributed by atoms with Crippen LogP contribution in [0, 0.1) is 11.6 Å². The van der Waals surface area contributed by atoms with Crippen molar-refractivity contribution in [2.24, 2.45) is 0 Å². The minimum atomic E-state index is -0.685. The van der Waals surface area contributed by atoms with E-state index < -0.39 is 11.6 Å². The fraction of sp³-hybridized carbons (Fsp3) is 0.281. The van der Waals surface area contributed by atoms with Crippen molar-refractivity contribution in [1.82, 2.24) is 23.7 Å². The van der Waals surface area contributed by atoms with Gasteiger partial charge in [0.05, 0.1) is 21.2 Å². The van der Waals surface area contributed by atoms with E-state index >= 15 is 0 Å². The summed E-state index contributed by atoms with van der Waals surface area (Å²) in [5, 5.41) is 10.1. The van der Waals surface area contributed by atoms with Gasteiger partial charge in [-0.25, -0.2) is 18.1 Å². The van der Waals surface area contributed by atoms with Gasteiger partial charge in [-0.1, -0.05) is 46.4 Å². The SMILES string of the molecule is O=c1c(-c2cc(O)c(Cl)cc2F)c(Cl)n2n1CCCC2.O=c1c(-c2cc(OCc3ccncc3)c(Cl)cc2F)c(Cl)n2n1CCCC2. The number of aromatic hydroxyl groups is 1. The molecule has 0 saturated heterocycles. The molecule has 9 nitrogen and oxygen atoms in total. The molecule has 5 aromatic rings. The second-order valence-corrected chi connectivity index (χ2v) is 12.6. The molecule has 0 amide bonds. The van der Waals surface area contributed by atoms with Crippen molar-refractivity contribution in [3.8, 4) is 33.8 Å². The summed E-state index contributed by atoms with van der Waals surface area (Å²) in [6.07, 6.45) is 6.93. The summed E-state index contributed by atoms with van der Waals surface area (Å²) in [6, 6.07) is 8.31. The molecule has 0 atom stereocenters. The topological polar surface area (TPSA) is 96.2 Å². The first-order chi connectivity index (χ1) is 22.6. The molecule has 2 aromatic carbocycles. The van der Waals surface area contributed by atoms with Gasteiger partial charge in [0.15, 0.2) is 0 Å². The van der Waals surface area contributed by atoms with E-state index in [4.69, 9.17) is 51.1 Å². The molecular formula is C32H27Cl4F2N5O4. The van der Waals surface area contributed by atoms with Crippen LogP contribution in [0.25, 0.3) is 22.3 Å². The van der Waals surface area contributed by atoms with Crippen LogP contribution >= 0.6 is 46.4 Å². The molecule has 2 aliphatic rings. The number of hydrogen-bond donors (Lipinski definition) is 1. The standard InChI is InChI=1S/C19H16Cl2FN3O2.C13H11Cl2FN2O2/c20-14-10-15(22)13(9-16(14)27-11-12-3-5-23-6-4-12)17-18(21)24-7-1-2-8-25(24)19(17)26;14-8-6-9(16)7(5-10(8)19)11-12(15)17-3-1-2-4-18(17)13(11)20/h3-6,9-10H,1-2,7-8,11H2;5-6,19H,1-4H2. The predicted molar refractivity (Wildman–Crippen MR) is 177 cm³/mol. The Kier molecular flexibility index (Phi) is 9.70. The first-order valence-electron chi connectivity index (χ1n) is 14.7. The molecule has 47 heavy (non-hydrogen) atoms.